The van der Waals surface area contributed by atoms with Gasteiger partial charge >= 0.3 is 5.97 Å². The molecule has 1 fully saturated rings. The first-order valence-electron chi connectivity index (χ1n) is 6.76. The maximum Gasteiger partial charge on any atom is 0.310 e. The molecule has 0 heterocycles. The molecule has 21 heavy (non-hydrogen) atoms. The second-order valence-electron chi connectivity index (χ2n) is 5.23. The minimum Gasteiger partial charge on any atom is -0.493 e. The average molecular weight is 293 g/mol. The number of carbonyl (C=O) groups excluding carboxylic acids is 1. The SMILES string of the molecule is COc1ccc(NC(=O)CC2(C(=O)O)CCC2)cc1OC. The molecule has 1 aromatic carbocycles. The molecule has 6 nitrogen and oxygen atoms in total. The second-order valence-corrected chi connectivity index (χ2v) is 5.23. The Balaban J connectivity index is 2.04. The third-order valence-electron chi connectivity index (χ3n) is 3.93. The lowest BCUT2D eigenvalue weighted by atomic mass is 9.66. The van der Waals surface area contributed by atoms with Crippen LogP contribution in [-0.2, 0) is 9.59 Å². The first-order chi connectivity index (χ1) is 10.0. The standard InChI is InChI=1S/C15H19NO5/c1-20-11-5-4-10(8-12(11)21-2)16-13(17)9-15(14(18)19)6-3-7-15/h4-5,8H,3,6-7,9H2,1-2H3,(H,16,17)(H,18,19). The molecule has 1 aliphatic rings. The van der Waals surface area contributed by atoms with Gasteiger partial charge in [-0.3, -0.25) is 9.59 Å². The number of carboxylic acid groups (broad SMARTS) is 1. The lowest BCUT2D eigenvalue weighted by Gasteiger charge is -2.36. The molecule has 1 aliphatic carbocycles. The number of hydrogen-bond donors (Lipinski definition) is 2. The molecule has 0 bridgehead atoms. The third-order valence-corrected chi connectivity index (χ3v) is 3.93. The fourth-order valence-electron chi connectivity index (χ4n) is 2.50. The smallest absolute Gasteiger partial charge is 0.310 e. The van der Waals surface area contributed by atoms with Crippen LogP contribution < -0.4 is 14.8 Å². The molecule has 0 spiro atoms. The fourth-order valence-corrected chi connectivity index (χ4v) is 2.50. The zero-order valence-electron chi connectivity index (χ0n) is 12.1. The van der Waals surface area contributed by atoms with Crippen molar-refractivity contribution in [1.29, 1.82) is 0 Å². The minimum absolute atomic E-state index is 0.00330. The van der Waals surface area contributed by atoms with Gasteiger partial charge in [0.1, 0.15) is 0 Å². The summed E-state index contributed by atoms with van der Waals surface area (Å²) in [6.45, 7) is 0. The average Bonchev–Trinajstić information content (AvgIpc) is 2.42. The second kappa shape index (κ2) is 6.03. The van der Waals surface area contributed by atoms with Crippen LogP contribution in [0, 0.1) is 5.41 Å². The Kier molecular flexibility index (Phi) is 4.35. The number of anilines is 1. The zero-order chi connectivity index (χ0) is 15.5. The van der Waals surface area contributed by atoms with Crippen LogP contribution in [0.25, 0.3) is 0 Å². The molecule has 2 N–H and O–H groups in total. The first-order valence-corrected chi connectivity index (χ1v) is 6.76. The predicted molar refractivity (Wildman–Crippen MR) is 76.7 cm³/mol. The Labute approximate surface area is 123 Å². The van der Waals surface area contributed by atoms with Gasteiger partial charge in [0.05, 0.1) is 19.6 Å². The quantitative estimate of drug-likeness (QED) is 0.840. The first kappa shape index (κ1) is 15.2. The van der Waals surface area contributed by atoms with E-state index in [0.717, 1.165) is 6.42 Å². The van der Waals surface area contributed by atoms with Crippen molar-refractivity contribution in [3.63, 3.8) is 0 Å². The number of aliphatic carboxylic acids is 1. The van der Waals surface area contributed by atoms with Crippen molar-refractivity contribution < 1.29 is 24.2 Å². The Morgan fingerprint density at radius 1 is 1.24 bits per heavy atom. The highest BCUT2D eigenvalue weighted by Crippen LogP contribution is 2.44. The summed E-state index contributed by atoms with van der Waals surface area (Å²) in [5.74, 6) is -0.121. The highest BCUT2D eigenvalue weighted by Gasteiger charge is 2.45. The molecule has 1 saturated carbocycles. The van der Waals surface area contributed by atoms with Crippen LogP contribution in [0.3, 0.4) is 0 Å². The summed E-state index contributed by atoms with van der Waals surface area (Å²) in [6.07, 6.45) is 1.97. The van der Waals surface area contributed by atoms with Crippen LogP contribution >= 0.6 is 0 Å². The summed E-state index contributed by atoms with van der Waals surface area (Å²) < 4.78 is 10.3. The summed E-state index contributed by atoms with van der Waals surface area (Å²) in [7, 11) is 3.04. The van der Waals surface area contributed by atoms with Gasteiger partial charge in [-0.15, -0.1) is 0 Å². The highest BCUT2D eigenvalue weighted by molar-refractivity contribution is 5.94. The molecule has 0 atom stereocenters. The van der Waals surface area contributed by atoms with Crippen LogP contribution in [0.4, 0.5) is 5.69 Å². The Hall–Kier alpha value is -2.24. The molecule has 0 aromatic heterocycles. The lowest BCUT2D eigenvalue weighted by molar-refractivity contribution is -0.157. The van der Waals surface area contributed by atoms with Gasteiger partial charge in [-0.2, -0.15) is 0 Å². The Morgan fingerprint density at radius 3 is 2.38 bits per heavy atom. The number of methoxy groups -OCH3 is 2. The van der Waals surface area contributed by atoms with E-state index in [-0.39, 0.29) is 12.3 Å². The molecule has 1 amide bonds. The predicted octanol–water partition coefficient (Wildman–Crippen LogP) is 2.29. The molecule has 0 saturated heterocycles. The number of rotatable bonds is 6. The molecule has 114 valence electrons. The lowest BCUT2D eigenvalue weighted by Crippen LogP contribution is -2.41. The van der Waals surface area contributed by atoms with E-state index in [4.69, 9.17) is 9.47 Å². The summed E-state index contributed by atoms with van der Waals surface area (Å²) in [6, 6.07) is 5.02. The van der Waals surface area contributed by atoms with E-state index in [9.17, 15) is 14.7 Å². The molecule has 2 rings (SSSR count). The van der Waals surface area contributed by atoms with E-state index < -0.39 is 11.4 Å². The van der Waals surface area contributed by atoms with Gasteiger partial charge in [0.15, 0.2) is 11.5 Å². The van der Waals surface area contributed by atoms with Gasteiger partial charge in [0, 0.05) is 18.2 Å². The van der Waals surface area contributed by atoms with Crippen molar-refractivity contribution in [2.24, 2.45) is 5.41 Å². The number of carbonyl (C=O) groups is 2. The number of hydrogen-bond acceptors (Lipinski definition) is 4. The van der Waals surface area contributed by atoms with Crippen LogP contribution in [0.1, 0.15) is 25.7 Å². The normalized spacial score (nSPS) is 15.7. The third kappa shape index (κ3) is 3.09. The van der Waals surface area contributed by atoms with E-state index in [1.807, 2.05) is 0 Å². The summed E-state index contributed by atoms with van der Waals surface area (Å²) in [4.78, 5) is 23.3. The van der Waals surface area contributed by atoms with Gasteiger partial charge in [-0.05, 0) is 25.0 Å². The van der Waals surface area contributed by atoms with Crippen LogP contribution in [0.15, 0.2) is 18.2 Å². The highest BCUT2D eigenvalue weighted by atomic mass is 16.5. The number of ether oxygens (including phenoxy) is 2. The van der Waals surface area contributed by atoms with Gasteiger partial charge in [0.25, 0.3) is 0 Å². The van der Waals surface area contributed by atoms with E-state index in [1.165, 1.54) is 14.2 Å². The van der Waals surface area contributed by atoms with Crippen LogP contribution in [-0.4, -0.2) is 31.2 Å². The molecule has 6 heteroatoms. The molecular weight excluding hydrogens is 274 g/mol. The fraction of sp³-hybridized carbons (Fsp3) is 0.467. The Bertz CT molecular complexity index is 551. The number of benzene rings is 1. The topological polar surface area (TPSA) is 84.9 Å². The summed E-state index contributed by atoms with van der Waals surface area (Å²) >= 11 is 0. The molecule has 1 aromatic rings. The monoisotopic (exact) mass is 293 g/mol. The van der Waals surface area contributed by atoms with Crippen molar-refractivity contribution in [2.45, 2.75) is 25.7 Å². The maximum absolute atomic E-state index is 12.0. The van der Waals surface area contributed by atoms with Gasteiger partial charge in [-0.25, -0.2) is 0 Å². The van der Waals surface area contributed by atoms with Crippen molar-refractivity contribution in [3.8, 4) is 11.5 Å². The number of amides is 1. The summed E-state index contributed by atoms with van der Waals surface area (Å²) in [5.41, 5.74) is -0.335. The van der Waals surface area contributed by atoms with Gasteiger partial charge in [0.2, 0.25) is 5.91 Å². The number of carboxylic acids is 1. The summed E-state index contributed by atoms with van der Waals surface area (Å²) in [5, 5.41) is 11.9. The van der Waals surface area contributed by atoms with E-state index in [1.54, 1.807) is 18.2 Å². The molecular formula is C15H19NO5. The zero-order valence-corrected chi connectivity index (χ0v) is 12.1. The molecule has 0 unspecified atom stereocenters. The van der Waals surface area contributed by atoms with E-state index >= 15 is 0 Å². The van der Waals surface area contributed by atoms with Crippen molar-refractivity contribution >= 4 is 17.6 Å². The number of nitrogens with one attached hydrogen (secondary N) is 1. The van der Waals surface area contributed by atoms with Crippen LogP contribution in [0.5, 0.6) is 11.5 Å². The van der Waals surface area contributed by atoms with Crippen molar-refractivity contribution in [3.05, 3.63) is 18.2 Å². The van der Waals surface area contributed by atoms with Gasteiger partial charge in [-0.1, -0.05) is 6.42 Å². The molecule has 0 radical (unpaired) electrons. The molecule has 0 aliphatic heterocycles. The van der Waals surface area contributed by atoms with Crippen molar-refractivity contribution in [2.75, 3.05) is 19.5 Å². The van der Waals surface area contributed by atoms with Crippen molar-refractivity contribution in [1.82, 2.24) is 0 Å². The Morgan fingerprint density at radius 2 is 1.90 bits per heavy atom. The maximum atomic E-state index is 12.0. The van der Waals surface area contributed by atoms with Crippen LogP contribution in [0.2, 0.25) is 0 Å². The van der Waals surface area contributed by atoms with E-state index in [2.05, 4.69) is 5.32 Å². The largest absolute Gasteiger partial charge is 0.493 e. The van der Waals surface area contributed by atoms with E-state index in [0.29, 0.717) is 30.0 Å². The van der Waals surface area contributed by atoms with Gasteiger partial charge < -0.3 is 19.9 Å². The minimum atomic E-state index is -0.892.